The van der Waals surface area contributed by atoms with Gasteiger partial charge in [-0.25, -0.2) is 0 Å². The van der Waals surface area contributed by atoms with Gasteiger partial charge >= 0.3 is 0 Å². The van der Waals surface area contributed by atoms with E-state index in [1.165, 1.54) is 0 Å². The second kappa shape index (κ2) is 6.43. The minimum absolute atomic E-state index is 0.140. The summed E-state index contributed by atoms with van der Waals surface area (Å²) < 4.78 is 0. The van der Waals surface area contributed by atoms with Crippen LogP contribution in [0.2, 0.25) is 5.02 Å². The molecule has 0 aromatic heterocycles. The Morgan fingerprint density at radius 3 is 3.00 bits per heavy atom. The summed E-state index contributed by atoms with van der Waals surface area (Å²) in [5, 5.41) is 13.0. The molecule has 0 radical (unpaired) electrons. The van der Waals surface area contributed by atoms with E-state index in [0.717, 1.165) is 13.0 Å². The third-order valence-corrected chi connectivity index (χ3v) is 3.95. The molecule has 4 N–H and O–H groups in total. The van der Waals surface area contributed by atoms with Gasteiger partial charge in [-0.1, -0.05) is 18.5 Å². The van der Waals surface area contributed by atoms with E-state index in [0.29, 0.717) is 28.9 Å². The lowest BCUT2D eigenvalue weighted by Gasteiger charge is -2.33. The minimum atomic E-state index is -0.364. The molecule has 2 atom stereocenters. The largest absolute Gasteiger partial charge is 0.399 e. The molecule has 1 amide bonds. The number of nitrogens with two attached hydrogens (primary N) is 1. The van der Waals surface area contributed by atoms with Crippen LogP contribution >= 0.6 is 11.6 Å². The number of nitrogen functional groups attached to an aromatic ring is 1. The van der Waals surface area contributed by atoms with Crippen molar-refractivity contribution in [3.63, 3.8) is 0 Å². The number of piperidine rings is 1. The Bertz CT molecular complexity index is 495. The number of likely N-dealkylation sites (tertiary alicyclic amines) is 1. The quantitative estimate of drug-likeness (QED) is 0.740. The molecule has 1 aliphatic heterocycles. The Labute approximate surface area is 123 Å². The molecule has 1 aromatic carbocycles. The molecule has 1 aliphatic rings. The zero-order valence-electron chi connectivity index (χ0n) is 11.5. The summed E-state index contributed by atoms with van der Waals surface area (Å²) in [6.45, 7) is 3.63. The van der Waals surface area contributed by atoms with Gasteiger partial charge in [0.1, 0.15) is 0 Å². The van der Waals surface area contributed by atoms with Crippen molar-refractivity contribution in [1.82, 2.24) is 4.90 Å². The summed E-state index contributed by atoms with van der Waals surface area (Å²) in [4.78, 5) is 13.9. The van der Waals surface area contributed by atoms with E-state index in [9.17, 15) is 9.90 Å². The van der Waals surface area contributed by atoms with E-state index in [1.54, 1.807) is 18.2 Å². The molecule has 0 aliphatic carbocycles. The average Bonchev–Trinajstić information content (AvgIpc) is 2.37. The molecule has 1 heterocycles. The van der Waals surface area contributed by atoms with E-state index in [-0.39, 0.29) is 18.6 Å². The molecule has 1 fully saturated rings. The lowest BCUT2D eigenvalue weighted by molar-refractivity contribution is -0.118. The number of carbonyl (C=O) groups is 1. The highest BCUT2D eigenvalue weighted by Gasteiger charge is 2.25. The van der Waals surface area contributed by atoms with E-state index < -0.39 is 0 Å². The number of β-amino-alcohol motifs (C(OH)–C–C–N with tert-alkyl or cyclic N) is 1. The Kier molecular flexibility index (Phi) is 4.86. The van der Waals surface area contributed by atoms with Gasteiger partial charge in [0.15, 0.2) is 0 Å². The van der Waals surface area contributed by atoms with Crippen molar-refractivity contribution in [3.8, 4) is 0 Å². The van der Waals surface area contributed by atoms with Crippen LogP contribution in [-0.4, -0.2) is 41.7 Å². The number of rotatable bonds is 3. The molecule has 20 heavy (non-hydrogen) atoms. The predicted octanol–water partition coefficient (Wildman–Crippen LogP) is 1.56. The van der Waals surface area contributed by atoms with Gasteiger partial charge in [0.05, 0.1) is 23.4 Å². The Balaban J connectivity index is 1.89. The maximum atomic E-state index is 12.0. The molecule has 5 nitrogen and oxygen atoms in total. The highest BCUT2D eigenvalue weighted by atomic mass is 35.5. The van der Waals surface area contributed by atoms with Crippen molar-refractivity contribution in [1.29, 1.82) is 0 Å². The van der Waals surface area contributed by atoms with Crippen molar-refractivity contribution in [2.75, 3.05) is 30.7 Å². The van der Waals surface area contributed by atoms with Gasteiger partial charge in [0.2, 0.25) is 5.91 Å². The van der Waals surface area contributed by atoms with Crippen LogP contribution in [0.5, 0.6) is 0 Å². The predicted molar refractivity (Wildman–Crippen MR) is 80.7 cm³/mol. The van der Waals surface area contributed by atoms with Crippen molar-refractivity contribution in [2.24, 2.45) is 5.92 Å². The van der Waals surface area contributed by atoms with Gasteiger partial charge in [-0.05, 0) is 37.1 Å². The smallest absolute Gasteiger partial charge is 0.238 e. The molecule has 6 heteroatoms. The highest BCUT2D eigenvalue weighted by molar-refractivity contribution is 6.34. The van der Waals surface area contributed by atoms with Gasteiger partial charge in [0.25, 0.3) is 0 Å². The van der Waals surface area contributed by atoms with Gasteiger partial charge in [-0.2, -0.15) is 0 Å². The number of carbonyl (C=O) groups excluding carboxylic acids is 1. The number of benzene rings is 1. The zero-order valence-corrected chi connectivity index (χ0v) is 12.2. The van der Waals surface area contributed by atoms with Crippen molar-refractivity contribution in [2.45, 2.75) is 19.4 Å². The fourth-order valence-electron chi connectivity index (χ4n) is 2.28. The first-order valence-corrected chi connectivity index (χ1v) is 7.09. The SMILES string of the molecule is CC1CCN(CC(=O)Nc2ccc(N)cc2Cl)CC1O. The average molecular weight is 298 g/mol. The first-order valence-electron chi connectivity index (χ1n) is 6.71. The molecular weight excluding hydrogens is 278 g/mol. The fourth-order valence-corrected chi connectivity index (χ4v) is 2.52. The Morgan fingerprint density at radius 1 is 1.60 bits per heavy atom. The number of hydrogen-bond acceptors (Lipinski definition) is 4. The summed E-state index contributed by atoms with van der Waals surface area (Å²) >= 11 is 6.01. The zero-order chi connectivity index (χ0) is 14.7. The van der Waals surface area contributed by atoms with Crippen molar-refractivity contribution >= 4 is 28.9 Å². The van der Waals surface area contributed by atoms with Crippen molar-refractivity contribution < 1.29 is 9.90 Å². The standard InChI is InChI=1S/C14H20ClN3O2/c1-9-4-5-18(7-13(9)19)8-14(20)17-12-3-2-10(16)6-11(12)15/h2-3,6,9,13,19H,4-5,7-8,16H2,1H3,(H,17,20). The number of hydrogen-bond donors (Lipinski definition) is 3. The maximum Gasteiger partial charge on any atom is 0.238 e. The normalized spacial score (nSPS) is 23.6. The summed E-state index contributed by atoms with van der Waals surface area (Å²) in [5.41, 5.74) is 6.71. The number of amides is 1. The van der Waals surface area contributed by atoms with E-state index in [4.69, 9.17) is 17.3 Å². The van der Waals surface area contributed by atoms with Crippen molar-refractivity contribution in [3.05, 3.63) is 23.2 Å². The second-order valence-electron chi connectivity index (χ2n) is 5.36. The van der Waals surface area contributed by atoms with Crippen LogP contribution in [0.15, 0.2) is 18.2 Å². The summed E-state index contributed by atoms with van der Waals surface area (Å²) in [5.74, 6) is 0.152. The molecule has 2 unspecified atom stereocenters. The van der Waals surface area contributed by atoms with E-state index in [2.05, 4.69) is 5.32 Å². The van der Waals surface area contributed by atoms with Crippen LogP contribution in [0.25, 0.3) is 0 Å². The van der Waals surface area contributed by atoms with Crippen LogP contribution in [-0.2, 0) is 4.79 Å². The van der Waals surface area contributed by atoms with Gasteiger partial charge in [-0.15, -0.1) is 0 Å². The van der Waals surface area contributed by atoms with Gasteiger partial charge in [0, 0.05) is 12.2 Å². The molecule has 1 aromatic rings. The topological polar surface area (TPSA) is 78.6 Å². The maximum absolute atomic E-state index is 12.0. The Hall–Kier alpha value is -1.30. The summed E-state index contributed by atoms with van der Waals surface area (Å²) in [6.07, 6.45) is 0.536. The lowest BCUT2D eigenvalue weighted by Crippen LogP contribution is -2.45. The van der Waals surface area contributed by atoms with Crippen LogP contribution < -0.4 is 11.1 Å². The molecule has 0 spiro atoms. The number of anilines is 2. The minimum Gasteiger partial charge on any atom is -0.399 e. The van der Waals surface area contributed by atoms with E-state index in [1.807, 2.05) is 11.8 Å². The molecule has 2 rings (SSSR count). The fraction of sp³-hybridized carbons (Fsp3) is 0.500. The van der Waals surface area contributed by atoms with Crippen LogP contribution in [0, 0.1) is 5.92 Å². The van der Waals surface area contributed by atoms with Crippen LogP contribution in [0.4, 0.5) is 11.4 Å². The third kappa shape index (κ3) is 3.85. The molecule has 1 saturated heterocycles. The monoisotopic (exact) mass is 297 g/mol. The van der Waals surface area contributed by atoms with Gasteiger partial charge in [-0.3, -0.25) is 9.69 Å². The summed E-state index contributed by atoms with van der Waals surface area (Å²) in [6, 6.07) is 4.97. The van der Waals surface area contributed by atoms with E-state index >= 15 is 0 Å². The number of halogens is 1. The second-order valence-corrected chi connectivity index (χ2v) is 5.76. The molecule has 0 saturated carbocycles. The Morgan fingerprint density at radius 2 is 2.35 bits per heavy atom. The highest BCUT2D eigenvalue weighted by Crippen LogP contribution is 2.24. The third-order valence-electron chi connectivity index (χ3n) is 3.64. The lowest BCUT2D eigenvalue weighted by atomic mass is 9.96. The number of aliphatic hydroxyl groups excluding tert-OH is 1. The number of aliphatic hydroxyl groups is 1. The van der Waals surface area contributed by atoms with Crippen LogP contribution in [0.3, 0.4) is 0 Å². The van der Waals surface area contributed by atoms with Gasteiger partial charge < -0.3 is 16.2 Å². The molecular formula is C14H20ClN3O2. The molecule has 0 bridgehead atoms. The summed E-state index contributed by atoms with van der Waals surface area (Å²) in [7, 11) is 0. The van der Waals surface area contributed by atoms with Crippen LogP contribution in [0.1, 0.15) is 13.3 Å². The number of nitrogens with one attached hydrogen (secondary N) is 1. The first-order chi connectivity index (χ1) is 9.45. The molecule has 110 valence electrons. The number of nitrogens with zero attached hydrogens (tertiary/aromatic N) is 1. The first kappa shape index (κ1) is 15.1.